The normalized spacial score (nSPS) is 11.6. The molecule has 0 aliphatic carbocycles. The Morgan fingerprint density at radius 3 is 1.24 bits per heavy atom. The van der Waals surface area contributed by atoms with Crippen molar-refractivity contribution in [3.05, 3.63) is 143 Å². The van der Waals surface area contributed by atoms with Gasteiger partial charge in [-0.05, 0) is 91.1 Å². The maximum Gasteiger partial charge on any atom is 0.262 e. The van der Waals surface area contributed by atoms with Gasteiger partial charge >= 0.3 is 0 Å². The molecule has 0 amide bonds. The van der Waals surface area contributed by atoms with E-state index in [1.165, 1.54) is 14.8 Å². The highest BCUT2D eigenvalue weighted by Crippen LogP contribution is 2.25. The van der Waals surface area contributed by atoms with Crippen LogP contribution in [0.2, 0.25) is 0 Å². The first-order chi connectivity index (χ1) is 28.3. The first-order valence-electron chi connectivity index (χ1n) is 18.9. The van der Waals surface area contributed by atoms with Gasteiger partial charge in [-0.25, -0.2) is 26.8 Å². The number of ether oxygens (including phenoxy) is 4. The molecule has 0 aliphatic heterocycles. The quantitative estimate of drug-likeness (QED) is 0.0944. The molecular formula is C43H52N6O8S2. The number of imidazole rings is 2. The zero-order valence-electron chi connectivity index (χ0n) is 34.5. The average Bonchev–Trinajstić information content (AvgIpc) is 3.87. The maximum atomic E-state index is 13.6. The van der Waals surface area contributed by atoms with Crippen LogP contribution in [0.5, 0.6) is 23.0 Å². The monoisotopic (exact) mass is 844 g/mol. The summed E-state index contributed by atoms with van der Waals surface area (Å²) in [5, 5.41) is 0.146. The molecule has 0 saturated heterocycles. The Morgan fingerprint density at radius 2 is 0.932 bits per heavy atom. The van der Waals surface area contributed by atoms with Crippen LogP contribution in [0, 0.1) is 13.8 Å². The lowest BCUT2D eigenvalue weighted by Crippen LogP contribution is -2.30. The van der Waals surface area contributed by atoms with E-state index in [0.717, 1.165) is 58.2 Å². The van der Waals surface area contributed by atoms with Crippen LogP contribution >= 0.6 is 0 Å². The molecular weight excluding hydrogens is 793 g/mol. The highest BCUT2D eigenvalue weighted by molar-refractivity contribution is 7.89. The third-order valence-corrected chi connectivity index (χ3v) is 12.8. The highest BCUT2D eigenvalue weighted by Gasteiger charge is 2.29. The van der Waals surface area contributed by atoms with Gasteiger partial charge < -0.3 is 28.5 Å². The SMILES string of the molecule is CCCn1cc(S(=O)(=O)N(Cc2ccc(OC)cc2)Cc2ccc(OC)cc2)nc1C.COc1ccc(CN(Cc2ccc(OC)cc2)S(=O)(=O)c2cnc(C)[nH]2)cc1. The lowest BCUT2D eigenvalue weighted by atomic mass is 10.2. The van der Waals surface area contributed by atoms with Crippen molar-refractivity contribution in [2.24, 2.45) is 0 Å². The zero-order valence-corrected chi connectivity index (χ0v) is 36.1. The Kier molecular flexibility index (Phi) is 15.3. The van der Waals surface area contributed by atoms with E-state index in [1.54, 1.807) is 41.6 Å². The fourth-order valence-electron chi connectivity index (χ4n) is 6.06. The standard InChI is InChI=1S/C23H29N3O4S.C20H23N3O4S/c1-5-14-25-17-23(24-18(25)2)31(27,28)26(15-19-6-10-21(29-3)11-7-19)16-20-8-12-22(30-4)13-9-20;1-15-21-12-20(22-15)28(24,25)23(13-16-4-8-18(26-2)9-5-16)14-17-6-10-19(27-3)11-7-17/h6-13,17H,5,14-16H2,1-4H3;4-12H,13-14H2,1-3H3,(H,21,22). The van der Waals surface area contributed by atoms with Gasteiger partial charge in [0, 0.05) is 38.9 Å². The van der Waals surface area contributed by atoms with Crippen LogP contribution in [0.3, 0.4) is 0 Å². The zero-order chi connectivity index (χ0) is 42.6. The van der Waals surface area contributed by atoms with Crippen LogP contribution in [0.1, 0.15) is 47.2 Å². The number of H-pyrrole nitrogens is 1. The number of aryl methyl sites for hydroxylation is 3. The second kappa shape index (κ2) is 20.3. The smallest absolute Gasteiger partial charge is 0.262 e. The van der Waals surface area contributed by atoms with Crippen molar-refractivity contribution in [3.8, 4) is 23.0 Å². The van der Waals surface area contributed by atoms with Gasteiger partial charge in [0.25, 0.3) is 20.0 Å². The van der Waals surface area contributed by atoms with Gasteiger partial charge in [0.05, 0.1) is 34.6 Å². The Balaban J connectivity index is 0.000000225. The van der Waals surface area contributed by atoms with Crippen LogP contribution in [0.25, 0.3) is 0 Å². The molecule has 1 N–H and O–H groups in total. The average molecular weight is 845 g/mol. The predicted octanol–water partition coefficient (Wildman–Crippen LogP) is 7.14. The van der Waals surface area contributed by atoms with Crippen LogP contribution in [0.4, 0.5) is 0 Å². The first-order valence-corrected chi connectivity index (χ1v) is 21.7. The van der Waals surface area contributed by atoms with Crippen LogP contribution in [-0.2, 0) is 52.8 Å². The third kappa shape index (κ3) is 11.7. The summed E-state index contributed by atoms with van der Waals surface area (Å²) in [6.45, 7) is 7.20. The largest absolute Gasteiger partial charge is 0.497 e. The molecule has 2 aromatic heterocycles. The van der Waals surface area contributed by atoms with E-state index in [0.29, 0.717) is 11.6 Å². The van der Waals surface area contributed by atoms with Gasteiger partial charge in [-0.2, -0.15) is 8.61 Å². The summed E-state index contributed by atoms with van der Waals surface area (Å²) in [4.78, 5) is 11.2. The van der Waals surface area contributed by atoms with Gasteiger partial charge in [0.2, 0.25) is 0 Å². The molecule has 0 bridgehead atoms. The van der Waals surface area contributed by atoms with Crippen LogP contribution in [0.15, 0.2) is 120 Å². The third-order valence-electron chi connectivity index (χ3n) is 9.39. The Labute approximate surface area is 347 Å². The summed E-state index contributed by atoms with van der Waals surface area (Å²) >= 11 is 0. The molecule has 6 rings (SSSR count). The molecule has 0 spiro atoms. The fraction of sp³-hybridized carbons (Fsp3) is 0.302. The highest BCUT2D eigenvalue weighted by atomic mass is 32.2. The molecule has 16 heteroatoms. The van der Waals surface area contributed by atoms with Crippen LogP contribution in [-0.4, -0.2) is 73.4 Å². The van der Waals surface area contributed by atoms with E-state index in [-0.39, 0.29) is 36.2 Å². The second-order valence-electron chi connectivity index (χ2n) is 13.6. The Hall–Kier alpha value is -5.68. The van der Waals surface area contributed by atoms with Gasteiger partial charge in [-0.1, -0.05) is 55.5 Å². The molecule has 0 atom stereocenters. The van der Waals surface area contributed by atoms with Gasteiger partial charge in [0.15, 0.2) is 10.1 Å². The number of hydrogen-bond donors (Lipinski definition) is 1. The summed E-state index contributed by atoms with van der Waals surface area (Å²) in [5.74, 6) is 4.13. The minimum Gasteiger partial charge on any atom is -0.497 e. The number of benzene rings is 4. The number of aromatic amines is 1. The van der Waals surface area contributed by atoms with E-state index in [1.807, 2.05) is 115 Å². The maximum absolute atomic E-state index is 13.6. The van der Waals surface area contributed by atoms with Gasteiger partial charge in [-0.3, -0.25) is 0 Å². The number of hydrogen-bond acceptors (Lipinski definition) is 10. The van der Waals surface area contributed by atoms with Crippen molar-refractivity contribution in [2.75, 3.05) is 28.4 Å². The number of nitrogens with zero attached hydrogens (tertiary/aromatic N) is 5. The molecule has 14 nitrogen and oxygen atoms in total. The molecule has 2 heterocycles. The Bertz CT molecular complexity index is 2350. The number of methoxy groups -OCH3 is 4. The number of sulfonamides is 2. The van der Waals surface area contributed by atoms with E-state index < -0.39 is 20.0 Å². The summed E-state index contributed by atoms with van der Waals surface area (Å²) in [6, 6.07) is 29.5. The van der Waals surface area contributed by atoms with Crippen molar-refractivity contribution >= 4 is 20.0 Å². The summed E-state index contributed by atoms with van der Waals surface area (Å²) in [7, 11) is -1.18. The summed E-state index contributed by atoms with van der Waals surface area (Å²) in [5.41, 5.74) is 3.44. The van der Waals surface area contributed by atoms with E-state index in [4.69, 9.17) is 18.9 Å². The first kappa shape index (κ1) is 44.4. The predicted molar refractivity (Wildman–Crippen MR) is 225 cm³/mol. The fourth-order valence-corrected chi connectivity index (χ4v) is 8.85. The van der Waals surface area contributed by atoms with Crippen molar-refractivity contribution in [2.45, 2.75) is 70.0 Å². The molecule has 0 radical (unpaired) electrons. The van der Waals surface area contributed by atoms with E-state index in [2.05, 4.69) is 15.0 Å². The molecule has 59 heavy (non-hydrogen) atoms. The molecule has 0 fully saturated rings. The van der Waals surface area contributed by atoms with Gasteiger partial charge in [-0.15, -0.1) is 0 Å². The molecule has 314 valence electrons. The van der Waals surface area contributed by atoms with Crippen molar-refractivity contribution < 1.29 is 35.8 Å². The molecule has 0 saturated carbocycles. The molecule has 4 aromatic carbocycles. The van der Waals surface area contributed by atoms with Crippen molar-refractivity contribution in [1.29, 1.82) is 0 Å². The van der Waals surface area contributed by atoms with E-state index in [9.17, 15) is 16.8 Å². The molecule has 6 aromatic rings. The summed E-state index contributed by atoms with van der Waals surface area (Å²) in [6.07, 6.45) is 3.88. The lowest BCUT2D eigenvalue weighted by molar-refractivity contribution is 0.395. The van der Waals surface area contributed by atoms with Crippen molar-refractivity contribution in [3.63, 3.8) is 0 Å². The molecule has 0 aliphatic rings. The second-order valence-corrected chi connectivity index (χ2v) is 17.4. The minimum atomic E-state index is -3.81. The molecule has 0 unspecified atom stereocenters. The number of rotatable bonds is 18. The van der Waals surface area contributed by atoms with Crippen LogP contribution < -0.4 is 18.9 Å². The topological polar surface area (TPSA) is 158 Å². The summed E-state index contributed by atoms with van der Waals surface area (Å²) < 4.78 is 79.1. The lowest BCUT2D eigenvalue weighted by Gasteiger charge is -2.22. The number of aromatic nitrogens is 4. The Morgan fingerprint density at radius 1 is 0.576 bits per heavy atom. The van der Waals surface area contributed by atoms with Gasteiger partial charge in [0.1, 0.15) is 34.6 Å². The number of nitrogens with one attached hydrogen (secondary N) is 1. The van der Waals surface area contributed by atoms with Crippen molar-refractivity contribution in [1.82, 2.24) is 28.1 Å². The van der Waals surface area contributed by atoms with E-state index >= 15 is 0 Å². The minimum absolute atomic E-state index is 0.0699.